The lowest BCUT2D eigenvalue weighted by atomic mass is 10.1. The first kappa shape index (κ1) is 16.6. The lowest BCUT2D eigenvalue weighted by Crippen LogP contribution is -2.18. The van der Waals surface area contributed by atoms with E-state index in [2.05, 4.69) is 31.0 Å². The van der Waals surface area contributed by atoms with Crippen LogP contribution in [-0.2, 0) is 9.53 Å². The number of benzene rings is 2. The first-order valence-corrected chi connectivity index (χ1v) is 7.57. The van der Waals surface area contributed by atoms with Crippen molar-refractivity contribution in [2.24, 2.45) is 0 Å². The summed E-state index contributed by atoms with van der Waals surface area (Å²) >= 11 is 0. The van der Waals surface area contributed by atoms with Crippen molar-refractivity contribution in [1.29, 1.82) is 0 Å². The molecule has 0 bridgehead atoms. The fourth-order valence-electron chi connectivity index (χ4n) is 2.18. The molecule has 0 spiro atoms. The van der Waals surface area contributed by atoms with Gasteiger partial charge in [0, 0.05) is 17.8 Å². The Labute approximate surface area is 137 Å². The van der Waals surface area contributed by atoms with E-state index in [4.69, 9.17) is 4.74 Å². The van der Waals surface area contributed by atoms with Gasteiger partial charge in [-0.2, -0.15) is 0 Å². The standard InChI is InChI=1S/C20H21NO2/c1-3-14-23-20(22)15-19(18-12-8-5-9-13-18)21-16(2)17-10-6-4-7-11-17/h3-13,15-16,21H,1,14H2,2H3/b19-15-/t16-/m0/s1. The minimum Gasteiger partial charge on any atom is -0.458 e. The Morgan fingerprint density at radius 3 is 2.35 bits per heavy atom. The summed E-state index contributed by atoms with van der Waals surface area (Å²) < 4.78 is 5.06. The maximum Gasteiger partial charge on any atom is 0.333 e. The Bertz CT molecular complexity index is 663. The molecule has 2 rings (SSSR count). The molecule has 1 atom stereocenters. The van der Waals surface area contributed by atoms with E-state index in [-0.39, 0.29) is 12.6 Å². The lowest BCUT2D eigenvalue weighted by Gasteiger charge is -2.18. The third-order valence-electron chi connectivity index (χ3n) is 3.36. The van der Waals surface area contributed by atoms with E-state index in [0.29, 0.717) is 0 Å². The van der Waals surface area contributed by atoms with Crippen molar-refractivity contribution in [1.82, 2.24) is 5.32 Å². The van der Waals surface area contributed by atoms with Crippen LogP contribution in [0.15, 0.2) is 79.4 Å². The Hall–Kier alpha value is -2.81. The number of esters is 1. The molecular formula is C20H21NO2. The van der Waals surface area contributed by atoms with Crippen LogP contribution in [0.2, 0.25) is 0 Å². The summed E-state index contributed by atoms with van der Waals surface area (Å²) in [6.45, 7) is 5.80. The van der Waals surface area contributed by atoms with Gasteiger partial charge in [-0.25, -0.2) is 4.79 Å². The monoisotopic (exact) mass is 307 g/mol. The molecule has 1 N–H and O–H groups in total. The maximum atomic E-state index is 11.9. The van der Waals surface area contributed by atoms with Gasteiger partial charge in [0.1, 0.15) is 6.61 Å². The summed E-state index contributed by atoms with van der Waals surface area (Å²) in [4.78, 5) is 11.9. The van der Waals surface area contributed by atoms with Gasteiger partial charge in [0.25, 0.3) is 0 Å². The summed E-state index contributed by atoms with van der Waals surface area (Å²) in [6, 6.07) is 19.9. The second-order valence-electron chi connectivity index (χ2n) is 5.12. The zero-order valence-electron chi connectivity index (χ0n) is 13.2. The summed E-state index contributed by atoms with van der Waals surface area (Å²) in [5.41, 5.74) is 2.82. The van der Waals surface area contributed by atoms with Crippen LogP contribution in [0.25, 0.3) is 5.70 Å². The average Bonchev–Trinajstić information content (AvgIpc) is 2.61. The predicted molar refractivity (Wildman–Crippen MR) is 93.6 cm³/mol. The molecule has 23 heavy (non-hydrogen) atoms. The fraction of sp³-hybridized carbons (Fsp3) is 0.150. The van der Waals surface area contributed by atoms with Gasteiger partial charge in [0.2, 0.25) is 0 Å². The van der Waals surface area contributed by atoms with Gasteiger partial charge in [-0.15, -0.1) is 0 Å². The van der Waals surface area contributed by atoms with Crippen molar-refractivity contribution in [3.63, 3.8) is 0 Å². The number of hydrogen-bond acceptors (Lipinski definition) is 3. The molecule has 0 saturated heterocycles. The number of nitrogens with one attached hydrogen (secondary N) is 1. The molecule has 2 aromatic carbocycles. The highest BCUT2D eigenvalue weighted by Crippen LogP contribution is 2.18. The lowest BCUT2D eigenvalue weighted by molar-refractivity contribution is -0.136. The molecule has 0 aliphatic rings. The highest BCUT2D eigenvalue weighted by Gasteiger charge is 2.10. The first-order chi connectivity index (χ1) is 11.2. The van der Waals surface area contributed by atoms with E-state index in [0.717, 1.165) is 16.8 Å². The van der Waals surface area contributed by atoms with Gasteiger partial charge in [-0.3, -0.25) is 0 Å². The third-order valence-corrected chi connectivity index (χ3v) is 3.36. The van der Waals surface area contributed by atoms with Crippen LogP contribution in [0.3, 0.4) is 0 Å². The molecule has 3 nitrogen and oxygen atoms in total. The van der Waals surface area contributed by atoms with Crippen LogP contribution in [0.1, 0.15) is 24.1 Å². The van der Waals surface area contributed by atoms with Gasteiger partial charge < -0.3 is 10.1 Å². The number of rotatable bonds is 7. The predicted octanol–water partition coefficient (Wildman–Crippen LogP) is 4.11. The van der Waals surface area contributed by atoms with Crippen LogP contribution >= 0.6 is 0 Å². The molecular weight excluding hydrogens is 286 g/mol. The van der Waals surface area contributed by atoms with Gasteiger partial charge >= 0.3 is 5.97 Å². The van der Waals surface area contributed by atoms with Crippen molar-refractivity contribution < 1.29 is 9.53 Å². The smallest absolute Gasteiger partial charge is 0.333 e. The zero-order valence-corrected chi connectivity index (χ0v) is 13.2. The van der Waals surface area contributed by atoms with Crippen LogP contribution < -0.4 is 5.32 Å². The Kier molecular flexibility index (Phi) is 6.18. The van der Waals surface area contributed by atoms with Gasteiger partial charge in [-0.05, 0) is 18.1 Å². The molecule has 0 heterocycles. The topological polar surface area (TPSA) is 38.3 Å². The molecule has 2 aromatic rings. The fourth-order valence-corrected chi connectivity index (χ4v) is 2.18. The molecule has 0 saturated carbocycles. The van der Waals surface area contributed by atoms with E-state index in [1.54, 1.807) is 6.08 Å². The molecule has 0 aliphatic heterocycles. The second kappa shape index (κ2) is 8.59. The number of carbonyl (C=O) groups excluding carboxylic acids is 1. The van der Waals surface area contributed by atoms with Crippen LogP contribution in [-0.4, -0.2) is 12.6 Å². The molecule has 118 valence electrons. The quantitative estimate of drug-likeness (QED) is 0.475. The molecule has 0 aromatic heterocycles. The SMILES string of the molecule is C=CCOC(=O)/C=C(\N[C@@H](C)c1ccccc1)c1ccccc1. The Morgan fingerprint density at radius 1 is 1.13 bits per heavy atom. The number of ether oxygens (including phenoxy) is 1. The average molecular weight is 307 g/mol. The summed E-state index contributed by atoms with van der Waals surface area (Å²) in [7, 11) is 0. The second-order valence-corrected chi connectivity index (χ2v) is 5.12. The van der Waals surface area contributed by atoms with Crippen molar-refractivity contribution >= 4 is 11.7 Å². The third kappa shape index (κ3) is 5.15. The van der Waals surface area contributed by atoms with Gasteiger partial charge in [-0.1, -0.05) is 73.3 Å². The summed E-state index contributed by atoms with van der Waals surface area (Å²) in [6.07, 6.45) is 3.03. The van der Waals surface area contributed by atoms with E-state index in [1.807, 2.05) is 48.5 Å². The van der Waals surface area contributed by atoms with E-state index >= 15 is 0 Å². The summed E-state index contributed by atoms with van der Waals surface area (Å²) in [5, 5.41) is 3.39. The van der Waals surface area contributed by atoms with E-state index in [1.165, 1.54) is 6.08 Å². The van der Waals surface area contributed by atoms with Crippen LogP contribution in [0.5, 0.6) is 0 Å². The van der Waals surface area contributed by atoms with E-state index < -0.39 is 5.97 Å². The Balaban J connectivity index is 2.22. The van der Waals surface area contributed by atoms with Gasteiger partial charge in [0.05, 0.1) is 0 Å². The largest absolute Gasteiger partial charge is 0.458 e. The van der Waals surface area contributed by atoms with Crippen molar-refractivity contribution in [2.75, 3.05) is 6.61 Å². The summed E-state index contributed by atoms with van der Waals surface area (Å²) in [5.74, 6) is -0.392. The Morgan fingerprint density at radius 2 is 1.74 bits per heavy atom. The normalized spacial score (nSPS) is 12.3. The van der Waals surface area contributed by atoms with Crippen molar-refractivity contribution in [2.45, 2.75) is 13.0 Å². The minimum atomic E-state index is -0.392. The van der Waals surface area contributed by atoms with Crippen molar-refractivity contribution in [3.05, 3.63) is 90.5 Å². The first-order valence-electron chi connectivity index (χ1n) is 7.57. The van der Waals surface area contributed by atoms with Crippen LogP contribution in [0, 0.1) is 0 Å². The molecule has 0 unspecified atom stereocenters. The van der Waals surface area contributed by atoms with Crippen LogP contribution in [0.4, 0.5) is 0 Å². The molecule has 0 amide bonds. The molecule has 0 aliphatic carbocycles. The highest BCUT2D eigenvalue weighted by atomic mass is 16.5. The van der Waals surface area contributed by atoms with E-state index in [9.17, 15) is 4.79 Å². The molecule has 0 fully saturated rings. The van der Waals surface area contributed by atoms with Crippen molar-refractivity contribution in [3.8, 4) is 0 Å². The zero-order chi connectivity index (χ0) is 16.5. The minimum absolute atomic E-state index is 0.0647. The molecule has 3 heteroatoms. The number of hydrogen-bond donors (Lipinski definition) is 1. The maximum absolute atomic E-state index is 11.9. The number of carbonyl (C=O) groups is 1. The highest BCUT2D eigenvalue weighted by molar-refractivity contribution is 5.91. The van der Waals surface area contributed by atoms with Gasteiger partial charge in [0.15, 0.2) is 0 Å². The molecule has 0 radical (unpaired) electrons.